The smallest absolute Gasteiger partial charge is 0.220 e. The summed E-state index contributed by atoms with van der Waals surface area (Å²) >= 11 is 0. The molecule has 1 amide bonds. The number of hydrogen-bond donors (Lipinski definition) is 2. The molecule has 0 radical (unpaired) electrons. The molecular weight excluding hydrogens is 303 g/mol. The SMILES string of the molecule is CC(CC(=O)NCC1(c2ccc(F)cc2)CCC1)C1CCCNC1. The van der Waals surface area contributed by atoms with Crippen molar-refractivity contribution >= 4 is 5.91 Å². The summed E-state index contributed by atoms with van der Waals surface area (Å²) < 4.78 is 13.2. The van der Waals surface area contributed by atoms with E-state index in [-0.39, 0.29) is 17.1 Å². The molecule has 0 aromatic heterocycles. The zero-order chi connectivity index (χ0) is 17.0. The largest absolute Gasteiger partial charge is 0.355 e. The van der Waals surface area contributed by atoms with Crippen molar-refractivity contribution in [2.24, 2.45) is 11.8 Å². The summed E-state index contributed by atoms with van der Waals surface area (Å²) in [5, 5.41) is 6.58. The van der Waals surface area contributed by atoms with Gasteiger partial charge in [-0.25, -0.2) is 4.39 Å². The Hall–Kier alpha value is -1.42. The molecule has 3 rings (SSSR count). The van der Waals surface area contributed by atoms with E-state index in [1.54, 1.807) is 0 Å². The topological polar surface area (TPSA) is 41.1 Å². The Morgan fingerprint density at radius 1 is 1.33 bits per heavy atom. The molecule has 1 heterocycles. The molecule has 1 aliphatic carbocycles. The van der Waals surface area contributed by atoms with Gasteiger partial charge < -0.3 is 10.6 Å². The lowest BCUT2D eigenvalue weighted by Crippen LogP contribution is -2.46. The van der Waals surface area contributed by atoms with Gasteiger partial charge in [-0.3, -0.25) is 4.79 Å². The van der Waals surface area contributed by atoms with Crippen LogP contribution in [0, 0.1) is 17.7 Å². The van der Waals surface area contributed by atoms with E-state index in [0.29, 0.717) is 24.8 Å². The number of benzene rings is 1. The molecular formula is C20H29FN2O. The number of hydrogen-bond acceptors (Lipinski definition) is 2. The van der Waals surface area contributed by atoms with E-state index in [2.05, 4.69) is 17.6 Å². The molecule has 3 nitrogen and oxygen atoms in total. The molecule has 2 N–H and O–H groups in total. The maximum atomic E-state index is 13.2. The molecule has 132 valence electrons. The number of piperidine rings is 1. The van der Waals surface area contributed by atoms with Gasteiger partial charge in [-0.1, -0.05) is 25.5 Å². The highest BCUT2D eigenvalue weighted by Crippen LogP contribution is 2.43. The average molecular weight is 332 g/mol. The van der Waals surface area contributed by atoms with Crippen LogP contribution in [0.25, 0.3) is 0 Å². The van der Waals surface area contributed by atoms with Crippen molar-refractivity contribution in [2.75, 3.05) is 19.6 Å². The van der Waals surface area contributed by atoms with Gasteiger partial charge in [0.1, 0.15) is 5.82 Å². The van der Waals surface area contributed by atoms with Crippen LogP contribution in [0.2, 0.25) is 0 Å². The third kappa shape index (κ3) is 3.97. The maximum Gasteiger partial charge on any atom is 0.220 e. The van der Waals surface area contributed by atoms with Gasteiger partial charge in [-0.15, -0.1) is 0 Å². The first-order chi connectivity index (χ1) is 11.6. The molecule has 1 saturated carbocycles. The second kappa shape index (κ2) is 7.64. The van der Waals surface area contributed by atoms with Gasteiger partial charge in [0.15, 0.2) is 0 Å². The molecule has 2 aliphatic rings. The Bertz CT molecular complexity index is 547. The van der Waals surface area contributed by atoms with Crippen LogP contribution in [0.5, 0.6) is 0 Å². The predicted molar refractivity (Wildman–Crippen MR) is 94.3 cm³/mol. The Labute approximate surface area is 144 Å². The van der Waals surface area contributed by atoms with Crippen molar-refractivity contribution in [2.45, 2.75) is 50.9 Å². The van der Waals surface area contributed by atoms with E-state index in [0.717, 1.165) is 31.5 Å². The molecule has 24 heavy (non-hydrogen) atoms. The fraction of sp³-hybridized carbons (Fsp3) is 0.650. The Morgan fingerprint density at radius 3 is 2.67 bits per heavy atom. The first kappa shape index (κ1) is 17.4. The Kier molecular flexibility index (Phi) is 5.54. The summed E-state index contributed by atoms with van der Waals surface area (Å²) in [6.07, 6.45) is 6.36. The number of nitrogens with one attached hydrogen (secondary N) is 2. The second-order valence-electron chi connectivity index (χ2n) is 7.71. The van der Waals surface area contributed by atoms with Crippen LogP contribution in [0.15, 0.2) is 24.3 Å². The molecule has 1 saturated heterocycles. The average Bonchev–Trinajstić information content (AvgIpc) is 2.56. The van der Waals surface area contributed by atoms with Crippen LogP contribution in [0.4, 0.5) is 4.39 Å². The van der Waals surface area contributed by atoms with Crippen LogP contribution in [-0.2, 0) is 10.2 Å². The number of carbonyl (C=O) groups excluding carboxylic acids is 1. The Balaban J connectivity index is 1.51. The van der Waals surface area contributed by atoms with E-state index in [1.807, 2.05) is 12.1 Å². The van der Waals surface area contributed by atoms with Crippen molar-refractivity contribution in [3.8, 4) is 0 Å². The molecule has 0 bridgehead atoms. The van der Waals surface area contributed by atoms with Crippen LogP contribution < -0.4 is 10.6 Å². The van der Waals surface area contributed by atoms with Crippen molar-refractivity contribution in [1.29, 1.82) is 0 Å². The standard InChI is InChI=1S/C20H29FN2O/c1-15(16-4-2-11-22-13-16)12-19(24)23-14-20(9-3-10-20)17-5-7-18(21)8-6-17/h5-8,15-16,22H,2-4,9-14H2,1H3,(H,23,24). The highest BCUT2D eigenvalue weighted by Gasteiger charge is 2.39. The van der Waals surface area contributed by atoms with Crippen LogP contribution in [0.3, 0.4) is 0 Å². The van der Waals surface area contributed by atoms with Crippen molar-refractivity contribution in [3.63, 3.8) is 0 Å². The number of amides is 1. The molecule has 4 heteroatoms. The van der Waals surface area contributed by atoms with Gasteiger partial charge in [0.25, 0.3) is 0 Å². The van der Waals surface area contributed by atoms with Crippen molar-refractivity contribution in [1.82, 2.24) is 10.6 Å². The third-order valence-electron chi connectivity index (χ3n) is 6.04. The van der Waals surface area contributed by atoms with Gasteiger partial charge in [-0.2, -0.15) is 0 Å². The predicted octanol–water partition coefficient (Wildman–Crippen LogP) is 3.39. The lowest BCUT2D eigenvalue weighted by atomic mass is 9.64. The maximum absolute atomic E-state index is 13.2. The number of halogens is 1. The van der Waals surface area contributed by atoms with Gasteiger partial charge in [0.05, 0.1) is 0 Å². The van der Waals surface area contributed by atoms with Gasteiger partial charge in [0, 0.05) is 18.4 Å². The first-order valence-electron chi connectivity index (χ1n) is 9.32. The molecule has 0 spiro atoms. The van der Waals surface area contributed by atoms with Gasteiger partial charge in [-0.05, 0) is 68.3 Å². The quantitative estimate of drug-likeness (QED) is 0.838. The van der Waals surface area contributed by atoms with Crippen LogP contribution in [0.1, 0.15) is 51.0 Å². The fourth-order valence-corrected chi connectivity index (χ4v) is 4.14. The first-order valence-corrected chi connectivity index (χ1v) is 9.32. The van der Waals surface area contributed by atoms with Crippen LogP contribution >= 0.6 is 0 Å². The van der Waals surface area contributed by atoms with E-state index in [4.69, 9.17) is 0 Å². The molecule has 1 aromatic rings. The van der Waals surface area contributed by atoms with E-state index in [9.17, 15) is 9.18 Å². The zero-order valence-corrected chi connectivity index (χ0v) is 14.6. The van der Waals surface area contributed by atoms with Crippen molar-refractivity contribution < 1.29 is 9.18 Å². The minimum atomic E-state index is -0.202. The third-order valence-corrected chi connectivity index (χ3v) is 6.04. The molecule has 2 unspecified atom stereocenters. The van der Waals surface area contributed by atoms with Crippen LogP contribution in [-0.4, -0.2) is 25.5 Å². The van der Waals surface area contributed by atoms with Gasteiger partial charge in [0.2, 0.25) is 5.91 Å². The molecule has 2 atom stereocenters. The van der Waals surface area contributed by atoms with E-state index < -0.39 is 0 Å². The summed E-state index contributed by atoms with van der Waals surface area (Å²) in [5.41, 5.74) is 1.17. The zero-order valence-electron chi connectivity index (χ0n) is 14.6. The summed E-state index contributed by atoms with van der Waals surface area (Å²) in [4.78, 5) is 12.4. The van der Waals surface area contributed by atoms with E-state index in [1.165, 1.54) is 31.4 Å². The summed E-state index contributed by atoms with van der Waals surface area (Å²) in [5.74, 6) is 0.980. The summed E-state index contributed by atoms with van der Waals surface area (Å²) in [6.45, 7) is 5.01. The Morgan fingerprint density at radius 2 is 2.08 bits per heavy atom. The lowest BCUT2D eigenvalue weighted by molar-refractivity contribution is -0.122. The molecule has 2 fully saturated rings. The fourth-order valence-electron chi connectivity index (χ4n) is 4.14. The van der Waals surface area contributed by atoms with E-state index >= 15 is 0 Å². The second-order valence-corrected chi connectivity index (χ2v) is 7.71. The van der Waals surface area contributed by atoms with Gasteiger partial charge >= 0.3 is 0 Å². The number of carbonyl (C=O) groups is 1. The normalized spacial score (nSPS) is 24.0. The summed E-state index contributed by atoms with van der Waals surface area (Å²) in [6, 6.07) is 6.79. The summed E-state index contributed by atoms with van der Waals surface area (Å²) in [7, 11) is 0. The molecule has 1 aromatic carbocycles. The minimum Gasteiger partial charge on any atom is -0.355 e. The number of rotatable bonds is 6. The highest BCUT2D eigenvalue weighted by atomic mass is 19.1. The monoisotopic (exact) mass is 332 g/mol. The van der Waals surface area contributed by atoms with Crippen molar-refractivity contribution in [3.05, 3.63) is 35.6 Å². The lowest BCUT2D eigenvalue weighted by Gasteiger charge is -2.42. The highest BCUT2D eigenvalue weighted by molar-refractivity contribution is 5.76. The minimum absolute atomic E-state index is 0.0129. The molecule has 1 aliphatic heterocycles.